The third kappa shape index (κ3) is 5.75. The molecule has 0 radical (unpaired) electrons. The van der Waals surface area contributed by atoms with Crippen LogP contribution in [0.5, 0.6) is 0 Å². The van der Waals surface area contributed by atoms with Crippen LogP contribution in [-0.4, -0.2) is 53.6 Å². The van der Waals surface area contributed by atoms with Crippen LogP contribution in [0.4, 0.5) is 11.8 Å². The summed E-state index contributed by atoms with van der Waals surface area (Å²) in [6, 6.07) is 3.86. The maximum Gasteiger partial charge on any atom is 0.246 e. The van der Waals surface area contributed by atoms with E-state index in [1.54, 1.807) is 23.3 Å². The van der Waals surface area contributed by atoms with Gasteiger partial charge in [-0.15, -0.1) is 0 Å². The second-order valence-corrected chi connectivity index (χ2v) is 8.27. The third-order valence-corrected chi connectivity index (χ3v) is 5.42. The van der Waals surface area contributed by atoms with Gasteiger partial charge < -0.3 is 10.2 Å². The average Bonchev–Trinajstić information content (AvgIpc) is 3.17. The molecule has 1 aliphatic heterocycles. The molecule has 32 heavy (non-hydrogen) atoms. The lowest BCUT2D eigenvalue weighted by molar-refractivity contribution is -0.127. The second-order valence-electron chi connectivity index (χ2n) is 8.27. The summed E-state index contributed by atoms with van der Waals surface area (Å²) in [6.07, 6.45) is 11.5. The minimum atomic E-state index is 0.0376. The fourth-order valence-electron chi connectivity index (χ4n) is 4.00. The van der Waals surface area contributed by atoms with Crippen molar-refractivity contribution in [3.8, 4) is 0 Å². The Hall–Kier alpha value is -3.62. The van der Waals surface area contributed by atoms with Crippen molar-refractivity contribution in [2.24, 2.45) is 13.0 Å². The molecule has 1 fully saturated rings. The molecule has 0 spiro atoms. The zero-order valence-corrected chi connectivity index (χ0v) is 18.7. The summed E-state index contributed by atoms with van der Waals surface area (Å²) in [4.78, 5) is 32.1. The Morgan fingerprint density at radius 1 is 1.22 bits per heavy atom. The van der Waals surface area contributed by atoms with E-state index in [4.69, 9.17) is 0 Å². The number of aryl methyl sites for hydroxylation is 3. The highest BCUT2D eigenvalue weighted by Crippen LogP contribution is 2.22. The quantitative estimate of drug-likeness (QED) is 0.598. The molecule has 4 heterocycles. The Balaban J connectivity index is 1.37. The Morgan fingerprint density at radius 3 is 2.78 bits per heavy atom. The number of hydrogen-bond donors (Lipinski definition) is 1. The number of amides is 1. The molecule has 1 saturated heterocycles. The van der Waals surface area contributed by atoms with Gasteiger partial charge in [0.25, 0.3) is 0 Å². The van der Waals surface area contributed by atoms with Gasteiger partial charge >= 0.3 is 0 Å². The van der Waals surface area contributed by atoms with Gasteiger partial charge in [-0.3, -0.25) is 9.48 Å². The first-order chi connectivity index (χ1) is 15.4. The number of likely N-dealkylation sites (tertiary alicyclic amines) is 1. The highest BCUT2D eigenvalue weighted by molar-refractivity contribution is 5.91. The van der Waals surface area contributed by atoms with Crippen LogP contribution in [-0.2, 0) is 18.3 Å². The number of carbonyl (C=O) groups excluding carboxylic acids is 1. The van der Waals surface area contributed by atoms with Crippen LogP contribution in [0, 0.1) is 19.8 Å². The zero-order chi connectivity index (χ0) is 22.5. The van der Waals surface area contributed by atoms with Crippen molar-refractivity contribution in [1.82, 2.24) is 34.6 Å². The number of nitrogens with zero attached hydrogens (tertiary/aromatic N) is 7. The van der Waals surface area contributed by atoms with Crippen LogP contribution in [0.1, 0.15) is 35.5 Å². The van der Waals surface area contributed by atoms with E-state index in [9.17, 15) is 4.79 Å². The molecule has 1 atom stereocenters. The summed E-state index contributed by atoms with van der Waals surface area (Å²) in [5.41, 5.74) is 3.66. The largest absolute Gasteiger partial charge is 0.339 e. The van der Waals surface area contributed by atoms with Gasteiger partial charge in [0.1, 0.15) is 12.1 Å². The van der Waals surface area contributed by atoms with Crippen molar-refractivity contribution in [3.63, 3.8) is 0 Å². The first-order valence-electron chi connectivity index (χ1n) is 10.8. The van der Waals surface area contributed by atoms with Crippen molar-refractivity contribution in [2.75, 3.05) is 18.4 Å². The minimum absolute atomic E-state index is 0.0376. The molecule has 0 aliphatic carbocycles. The van der Waals surface area contributed by atoms with E-state index in [0.717, 1.165) is 55.0 Å². The van der Waals surface area contributed by atoms with Crippen LogP contribution in [0.15, 0.2) is 36.9 Å². The molecule has 1 N–H and O–H groups in total. The molecule has 0 bridgehead atoms. The van der Waals surface area contributed by atoms with Gasteiger partial charge in [0.2, 0.25) is 11.9 Å². The van der Waals surface area contributed by atoms with Crippen molar-refractivity contribution in [3.05, 3.63) is 59.6 Å². The molecule has 0 unspecified atom stereocenters. The molecule has 4 rings (SSSR count). The van der Waals surface area contributed by atoms with Crippen molar-refractivity contribution in [1.29, 1.82) is 0 Å². The number of anilines is 2. The lowest BCUT2D eigenvalue weighted by Crippen LogP contribution is -2.39. The van der Waals surface area contributed by atoms with Crippen LogP contribution >= 0.6 is 0 Å². The van der Waals surface area contributed by atoms with E-state index in [-0.39, 0.29) is 5.91 Å². The van der Waals surface area contributed by atoms with Gasteiger partial charge in [0, 0.05) is 61.1 Å². The van der Waals surface area contributed by atoms with Crippen LogP contribution in [0.3, 0.4) is 0 Å². The lowest BCUT2D eigenvalue weighted by atomic mass is 9.93. The molecular weight excluding hydrogens is 404 g/mol. The first-order valence-corrected chi connectivity index (χ1v) is 10.8. The maximum atomic E-state index is 12.7. The second kappa shape index (κ2) is 9.67. The van der Waals surface area contributed by atoms with Gasteiger partial charge in [0.05, 0.1) is 6.20 Å². The van der Waals surface area contributed by atoms with Crippen LogP contribution in [0.25, 0.3) is 6.08 Å². The summed E-state index contributed by atoms with van der Waals surface area (Å²) in [7, 11) is 1.86. The standard InChI is InChI=1S/C23H28N8O/c1-16-9-17(2)28-23(27-16)29-21-11-20(24-15-25-21)10-18-5-4-8-31(14-18)22(32)7-6-19-12-26-30(3)13-19/h6-7,9,11-13,15,18H,4-5,8,10,14H2,1-3H3,(H,24,25,27,28,29)/b7-6+/t18-/m0/s1. The Kier molecular flexibility index (Phi) is 6.53. The Morgan fingerprint density at radius 2 is 2.03 bits per heavy atom. The van der Waals surface area contributed by atoms with E-state index in [1.807, 2.05) is 50.2 Å². The minimum Gasteiger partial charge on any atom is -0.339 e. The predicted molar refractivity (Wildman–Crippen MR) is 122 cm³/mol. The summed E-state index contributed by atoms with van der Waals surface area (Å²) in [5, 5.41) is 7.29. The van der Waals surface area contributed by atoms with Gasteiger partial charge in [-0.25, -0.2) is 19.9 Å². The smallest absolute Gasteiger partial charge is 0.246 e. The number of nitrogens with one attached hydrogen (secondary N) is 1. The molecule has 0 aromatic carbocycles. The molecule has 9 nitrogen and oxygen atoms in total. The summed E-state index contributed by atoms with van der Waals surface area (Å²) in [5.74, 6) is 1.60. The lowest BCUT2D eigenvalue weighted by Gasteiger charge is -2.32. The van der Waals surface area contributed by atoms with Crippen molar-refractivity contribution >= 4 is 23.7 Å². The van der Waals surface area contributed by atoms with Gasteiger partial charge in [-0.1, -0.05) is 0 Å². The molecule has 0 saturated carbocycles. The third-order valence-electron chi connectivity index (χ3n) is 5.42. The first kappa shape index (κ1) is 21.6. The summed E-state index contributed by atoms with van der Waals surface area (Å²) >= 11 is 0. The van der Waals surface area contributed by atoms with E-state index in [2.05, 4.69) is 30.4 Å². The summed E-state index contributed by atoms with van der Waals surface area (Å²) < 4.78 is 1.72. The summed E-state index contributed by atoms with van der Waals surface area (Å²) in [6.45, 7) is 5.39. The maximum absolute atomic E-state index is 12.7. The number of carbonyl (C=O) groups is 1. The van der Waals surface area contributed by atoms with E-state index >= 15 is 0 Å². The topological polar surface area (TPSA) is 102 Å². The molecule has 3 aromatic rings. The molecular formula is C23H28N8O. The normalized spacial score (nSPS) is 16.5. The highest BCUT2D eigenvalue weighted by Gasteiger charge is 2.23. The predicted octanol–water partition coefficient (Wildman–Crippen LogP) is 2.86. The SMILES string of the molecule is Cc1cc(C)nc(Nc2cc(C[C@@H]3CCCN(C(=O)/C=C/c4cnn(C)c4)C3)ncn2)n1. The molecule has 166 valence electrons. The van der Waals surface area contributed by atoms with Gasteiger partial charge in [0.15, 0.2) is 0 Å². The van der Waals surface area contributed by atoms with Crippen LogP contribution in [0.2, 0.25) is 0 Å². The monoisotopic (exact) mass is 432 g/mol. The molecule has 1 amide bonds. The van der Waals surface area contributed by atoms with Gasteiger partial charge in [-0.05, 0) is 51.2 Å². The number of aromatic nitrogens is 6. The Bertz CT molecular complexity index is 1100. The Labute approximate surface area is 187 Å². The van der Waals surface area contributed by atoms with E-state index < -0.39 is 0 Å². The van der Waals surface area contributed by atoms with Gasteiger partial charge in [-0.2, -0.15) is 5.10 Å². The molecule has 3 aromatic heterocycles. The number of piperidine rings is 1. The van der Waals surface area contributed by atoms with E-state index in [1.165, 1.54) is 0 Å². The molecule has 1 aliphatic rings. The number of hydrogen-bond acceptors (Lipinski definition) is 7. The zero-order valence-electron chi connectivity index (χ0n) is 18.7. The highest BCUT2D eigenvalue weighted by atomic mass is 16.2. The fourth-order valence-corrected chi connectivity index (χ4v) is 4.00. The van der Waals surface area contributed by atoms with Crippen molar-refractivity contribution < 1.29 is 4.79 Å². The molecule has 9 heteroatoms. The van der Waals surface area contributed by atoms with Crippen molar-refractivity contribution in [2.45, 2.75) is 33.1 Å². The van der Waals surface area contributed by atoms with Crippen LogP contribution < -0.4 is 5.32 Å². The average molecular weight is 433 g/mol. The van der Waals surface area contributed by atoms with E-state index in [0.29, 0.717) is 17.7 Å². The number of rotatable bonds is 6. The fraction of sp³-hybridized carbons (Fsp3) is 0.391.